The second-order valence-electron chi connectivity index (χ2n) is 4.40. The number of rotatable bonds is 3. The summed E-state index contributed by atoms with van der Waals surface area (Å²) in [4.78, 5) is 19.8. The van der Waals surface area contributed by atoms with Gasteiger partial charge in [0.1, 0.15) is 5.01 Å². The number of H-pyrrole nitrogens is 1. The zero-order valence-corrected chi connectivity index (χ0v) is 11.3. The molecule has 0 aliphatic heterocycles. The van der Waals surface area contributed by atoms with E-state index in [9.17, 15) is 4.79 Å². The zero-order chi connectivity index (χ0) is 13.4. The number of nitrogens with one attached hydrogen (secondary N) is 1. The molecular weight excluding hydrogens is 258 g/mol. The van der Waals surface area contributed by atoms with Crippen molar-refractivity contribution in [1.82, 2.24) is 9.97 Å². The number of nitrogens with two attached hydrogens (primary N) is 1. The van der Waals surface area contributed by atoms with E-state index in [0.29, 0.717) is 0 Å². The van der Waals surface area contributed by atoms with Crippen LogP contribution in [0.1, 0.15) is 9.88 Å². The highest BCUT2D eigenvalue weighted by atomic mass is 32.1. The van der Waals surface area contributed by atoms with Crippen LogP contribution in [0.2, 0.25) is 0 Å². The molecule has 4 nitrogen and oxygen atoms in total. The minimum Gasteiger partial charge on any atom is -0.369 e. The van der Waals surface area contributed by atoms with Crippen molar-refractivity contribution < 1.29 is 4.79 Å². The van der Waals surface area contributed by atoms with Crippen molar-refractivity contribution in [1.29, 1.82) is 0 Å². The van der Waals surface area contributed by atoms with Crippen LogP contribution < -0.4 is 5.73 Å². The van der Waals surface area contributed by atoms with E-state index in [-0.39, 0.29) is 12.3 Å². The van der Waals surface area contributed by atoms with E-state index in [1.165, 1.54) is 11.3 Å². The van der Waals surface area contributed by atoms with Gasteiger partial charge in [-0.3, -0.25) is 4.79 Å². The Morgan fingerprint density at radius 2 is 2.21 bits per heavy atom. The predicted molar refractivity (Wildman–Crippen MR) is 77.0 cm³/mol. The van der Waals surface area contributed by atoms with Crippen LogP contribution in [0.15, 0.2) is 30.5 Å². The number of hydrogen-bond acceptors (Lipinski definition) is 3. The summed E-state index contributed by atoms with van der Waals surface area (Å²) in [6.45, 7) is 2.01. The number of para-hydroxylation sites is 1. The Morgan fingerprint density at radius 3 is 3.00 bits per heavy atom. The molecule has 5 heteroatoms. The molecule has 0 saturated heterocycles. The third-order valence-corrected chi connectivity index (χ3v) is 3.98. The van der Waals surface area contributed by atoms with Crippen LogP contribution >= 0.6 is 11.3 Å². The molecule has 96 valence electrons. The van der Waals surface area contributed by atoms with Crippen LogP contribution in [0.5, 0.6) is 0 Å². The van der Waals surface area contributed by atoms with Gasteiger partial charge in [-0.15, -0.1) is 11.3 Å². The molecule has 3 aromatic rings. The van der Waals surface area contributed by atoms with Crippen molar-refractivity contribution in [3.8, 4) is 11.3 Å². The third kappa shape index (κ3) is 2.13. The molecule has 0 saturated carbocycles. The fourth-order valence-electron chi connectivity index (χ4n) is 2.19. The molecule has 2 heterocycles. The lowest BCUT2D eigenvalue weighted by Gasteiger charge is -1.96. The summed E-state index contributed by atoms with van der Waals surface area (Å²) in [6.07, 6.45) is 2.16. The van der Waals surface area contributed by atoms with E-state index in [1.54, 1.807) is 0 Å². The molecule has 1 amide bonds. The van der Waals surface area contributed by atoms with Crippen LogP contribution in [-0.4, -0.2) is 15.9 Å². The van der Waals surface area contributed by atoms with Crippen LogP contribution in [0.3, 0.4) is 0 Å². The number of amides is 1. The molecule has 0 aliphatic rings. The Kier molecular flexibility index (Phi) is 2.83. The summed E-state index contributed by atoms with van der Waals surface area (Å²) < 4.78 is 0. The highest BCUT2D eigenvalue weighted by Gasteiger charge is 2.14. The number of thiazole rings is 1. The van der Waals surface area contributed by atoms with Gasteiger partial charge < -0.3 is 10.7 Å². The maximum absolute atomic E-state index is 11.0. The maximum Gasteiger partial charge on any atom is 0.224 e. The smallest absolute Gasteiger partial charge is 0.224 e. The number of aryl methyl sites for hydroxylation is 1. The predicted octanol–water partition coefficient (Wildman–Crippen LogP) is 2.63. The Bertz CT molecular complexity index is 757. The summed E-state index contributed by atoms with van der Waals surface area (Å²) in [5, 5.41) is 1.91. The zero-order valence-electron chi connectivity index (χ0n) is 10.4. The minimum absolute atomic E-state index is 0.202. The van der Waals surface area contributed by atoms with Crippen molar-refractivity contribution in [2.75, 3.05) is 0 Å². The molecule has 3 rings (SSSR count). The highest BCUT2D eigenvalue weighted by Crippen LogP contribution is 2.32. The standard InChI is InChI=1S/C14H13N3OS/c1-8-14(17-13(19-8)6-12(15)18)10-7-16-11-5-3-2-4-9(10)11/h2-5,7,16H,6H2,1H3,(H2,15,18). The van der Waals surface area contributed by atoms with Crippen molar-refractivity contribution in [2.24, 2.45) is 5.73 Å². The molecule has 0 unspecified atom stereocenters. The van der Waals surface area contributed by atoms with Crippen LogP contribution in [-0.2, 0) is 11.2 Å². The number of benzene rings is 1. The first-order valence-electron chi connectivity index (χ1n) is 5.96. The van der Waals surface area contributed by atoms with E-state index in [4.69, 9.17) is 5.73 Å². The Hall–Kier alpha value is -2.14. The number of carbonyl (C=O) groups is 1. The fourth-order valence-corrected chi connectivity index (χ4v) is 3.15. The average molecular weight is 271 g/mol. The highest BCUT2D eigenvalue weighted by molar-refractivity contribution is 7.12. The first-order valence-corrected chi connectivity index (χ1v) is 6.78. The number of aromatic nitrogens is 2. The fraction of sp³-hybridized carbons (Fsp3) is 0.143. The van der Waals surface area contributed by atoms with Gasteiger partial charge in [-0.05, 0) is 13.0 Å². The Morgan fingerprint density at radius 1 is 1.42 bits per heavy atom. The normalized spacial score (nSPS) is 11.0. The Balaban J connectivity index is 2.11. The van der Waals surface area contributed by atoms with Crippen molar-refractivity contribution >= 4 is 28.1 Å². The molecule has 0 atom stereocenters. The molecule has 19 heavy (non-hydrogen) atoms. The number of nitrogens with zero attached hydrogens (tertiary/aromatic N) is 1. The number of carbonyl (C=O) groups excluding carboxylic acids is 1. The quantitative estimate of drug-likeness (QED) is 0.768. The van der Waals surface area contributed by atoms with E-state index < -0.39 is 0 Å². The molecule has 0 radical (unpaired) electrons. The number of aromatic amines is 1. The molecule has 0 spiro atoms. The average Bonchev–Trinajstić information content (AvgIpc) is 2.92. The number of hydrogen-bond donors (Lipinski definition) is 2. The lowest BCUT2D eigenvalue weighted by molar-refractivity contribution is -0.117. The van der Waals surface area contributed by atoms with Gasteiger partial charge in [-0.1, -0.05) is 18.2 Å². The number of fused-ring (bicyclic) bond motifs is 1. The van der Waals surface area contributed by atoms with Gasteiger partial charge in [0.05, 0.1) is 12.1 Å². The molecule has 3 N–H and O–H groups in total. The lowest BCUT2D eigenvalue weighted by Crippen LogP contribution is -2.13. The van der Waals surface area contributed by atoms with Gasteiger partial charge in [-0.25, -0.2) is 4.98 Å². The largest absolute Gasteiger partial charge is 0.369 e. The van der Waals surface area contributed by atoms with Gasteiger partial charge in [0.25, 0.3) is 0 Å². The first kappa shape index (κ1) is 11.9. The molecule has 1 aromatic carbocycles. The van der Waals surface area contributed by atoms with Gasteiger partial charge >= 0.3 is 0 Å². The van der Waals surface area contributed by atoms with Gasteiger partial charge in [0.15, 0.2) is 0 Å². The summed E-state index contributed by atoms with van der Waals surface area (Å²) in [7, 11) is 0. The molecular formula is C14H13N3OS. The lowest BCUT2D eigenvalue weighted by atomic mass is 10.1. The second-order valence-corrected chi connectivity index (χ2v) is 5.69. The summed E-state index contributed by atoms with van der Waals surface area (Å²) in [6, 6.07) is 8.10. The van der Waals surface area contributed by atoms with E-state index in [0.717, 1.165) is 32.0 Å². The first-order chi connectivity index (χ1) is 9.15. The van der Waals surface area contributed by atoms with Crippen molar-refractivity contribution in [3.63, 3.8) is 0 Å². The SMILES string of the molecule is Cc1sc(CC(N)=O)nc1-c1c[nH]c2ccccc12. The topological polar surface area (TPSA) is 71.8 Å². The third-order valence-electron chi connectivity index (χ3n) is 3.01. The van der Waals surface area contributed by atoms with Gasteiger partial charge in [0, 0.05) is 27.5 Å². The summed E-state index contributed by atoms with van der Waals surface area (Å²) in [5.74, 6) is -0.348. The van der Waals surface area contributed by atoms with E-state index in [1.807, 2.05) is 31.3 Å². The van der Waals surface area contributed by atoms with Crippen molar-refractivity contribution in [2.45, 2.75) is 13.3 Å². The summed E-state index contributed by atoms with van der Waals surface area (Å²) >= 11 is 1.52. The van der Waals surface area contributed by atoms with Crippen molar-refractivity contribution in [3.05, 3.63) is 40.3 Å². The molecule has 0 fully saturated rings. The van der Waals surface area contributed by atoms with Gasteiger partial charge in [-0.2, -0.15) is 0 Å². The van der Waals surface area contributed by atoms with Crippen LogP contribution in [0.25, 0.3) is 22.2 Å². The second kappa shape index (κ2) is 4.51. The van der Waals surface area contributed by atoms with E-state index in [2.05, 4.69) is 16.0 Å². The van der Waals surface area contributed by atoms with Crippen LogP contribution in [0, 0.1) is 6.92 Å². The monoisotopic (exact) mass is 271 g/mol. The minimum atomic E-state index is -0.348. The molecule has 0 bridgehead atoms. The number of primary amides is 1. The van der Waals surface area contributed by atoms with Gasteiger partial charge in [0.2, 0.25) is 5.91 Å². The maximum atomic E-state index is 11.0. The summed E-state index contributed by atoms with van der Waals surface area (Å²) in [5.41, 5.74) is 8.30. The molecule has 0 aliphatic carbocycles. The Labute approximate surface area is 114 Å². The molecule has 2 aromatic heterocycles. The van der Waals surface area contributed by atoms with Crippen LogP contribution in [0.4, 0.5) is 0 Å². The van der Waals surface area contributed by atoms with E-state index >= 15 is 0 Å².